The van der Waals surface area contributed by atoms with Gasteiger partial charge in [0.2, 0.25) is 0 Å². The molecule has 0 aliphatic heterocycles. The number of aromatic amines is 1. The van der Waals surface area contributed by atoms with E-state index < -0.39 is 11.9 Å². The normalized spacial score (nSPS) is 12.3. The van der Waals surface area contributed by atoms with E-state index in [-0.39, 0.29) is 17.5 Å². The van der Waals surface area contributed by atoms with Gasteiger partial charge in [-0.05, 0) is 29.8 Å². The van der Waals surface area contributed by atoms with Gasteiger partial charge in [-0.15, -0.1) is 0 Å². The molecular weight excluding hydrogens is 319 g/mol. The number of fused-ring (bicyclic) bond motifs is 1. The van der Waals surface area contributed by atoms with Crippen molar-refractivity contribution >= 4 is 28.4 Å². The first-order valence-corrected chi connectivity index (χ1v) is 7.40. The summed E-state index contributed by atoms with van der Waals surface area (Å²) in [4.78, 5) is 15.3. The van der Waals surface area contributed by atoms with Gasteiger partial charge in [-0.1, -0.05) is 35.9 Å². The molecule has 2 aromatic carbocycles. The molecule has 1 amide bonds. The van der Waals surface area contributed by atoms with Gasteiger partial charge in [-0.25, -0.2) is 4.39 Å². The number of halogens is 2. The van der Waals surface area contributed by atoms with E-state index in [1.807, 2.05) is 24.3 Å². The summed E-state index contributed by atoms with van der Waals surface area (Å²) in [7, 11) is 0. The maximum atomic E-state index is 13.5. The lowest BCUT2D eigenvalue weighted by atomic mass is 10.1. The third-order valence-corrected chi connectivity index (χ3v) is 3.92. The molecule has 1 unspecified atom stereocenters. The Bertz CT molecular complexity index is 830. The van der Waals surface area contributed by atoms with Gasteiger partial charge >= 0.3 is 0 Å². The molecule has 118 valence electrons. The van der Waals surface area contributed by atoms with Crippen molar-refractivity contribution in [3.8, 4) is 0 Å². The zero-order valence-electron chi connectivity index (χ0n) is 12.0. The van der Waals surface area contributed by atoms with Crippen LogP contribution in [-0.2, 0) is 0 Å². The second-order valence-electron chi connectivity index (χ2n) is 5.15. The quantitative estimate of drug-likeness (QED) is 0.685. The fourth-order valence-electron chi connectivity index (χ4n) is 2.40. The average Bonchev–Trinajstić information content (AvgIpc) is 2.99. The van der Waals surface area contributed by atoms with E-state index in [1.165, 1.54) is 12.1 Å². The highest BCUT2D eigenvalue weighted by atomic mass is 35.5. The van der Waals surface area contributed by atoms with E-state index in [9.17, 15) is 14.3 Å². The Morgan fingerprint density at radius 1 is 1.26 bits per heavy atom. The highest BCUT2D eigenvalue weighted by molar-refractivity contribution is 6.30. The largest absolute Gasteiger partial charge is 0.394 e. The van der Waals surface area contributed by atoms with E-state index in [2.05, 4.69) is 10.3 Å². The van der Waals surface area contributed by atoms with Gasteiger partial charge in [0.05, 0.1) is 17.7 Å². The van der Waals surface area contributed by atoms with Gasteiger partial charge in [0.25, 0.3) is 5.91 Å². The third kappa shape index (κ3) is 3.21. The van der Waals surface area contributed by atoms with Crippen LogP contribution in [-0.4, -0.2) is 22.6 Å². The van der Waals surface area contributed by atoms with Crippen LogP contribution in [0.5, 0.6) is 0 Å². The first-order chi connectivity index (χ1) is 11.1. The zero-order chi connectivity index (χ0) is 16.4. The molecule has 23 heavy (non-hydrogen) atoms. The Kier molecular flexibility index (Phi) is 4.32. The molecule has 0 aliphatic rings. The number of hydrogen-bond donors (Lipinski definition) is 3. The van der Waals surface area contributed by atoms with E-state index >= 15 is 0 Å². The second-order valence-corrected chi connectivity index (χ2v) is 5.56. The molecule has 1 aromatic heterocycles. The Labute approximate surface area is 136 Å². The van der Waals surface area contributed by atoms with E-state index in [1.54, 1.807) is 12.1 Å². The number of hydrogen-bond acceptors (Lipinski definition) is 2. The van der Waals surface area contributed by atoms with Crippen molar-refractivity contribution in [1.82, 2.24) is 10.3 Å². The number of amides is 1. The summed E-state index contributed by atoms with van der Waals surface area (Å²) in [6.07, 6.45) is 0. The summed E-state index contributed by atoms with van der Waals surface area (Å²) in [5.74, 6) is -0.974. The molecule has 0 aliphatic carbocycles. The summed E-state index contributed by atoms with van der Waals surface area (Å²) < 4.78 is 13.5. The lowest BCUT2D eigenvalue weighted by Gasteiger charge is -2.16. The topological polar surface area (TPSA) is 65.1 Å². The fraction of sp³-hybridized carbons (Fsp3) is 0.118. The fourth-order valence-corrected chi connectivity index (χ4v) is 2.51. The minimum atomic E-state index is -0.722. The van der Waals surface area contributed by atoms with Crippen molar-refractivity contribution in [3.05, 3.63) is 70.6 Å². The van der Waals surface area contributed by atoms with Crippen molar-refractivity contribution in [1.29, 1.82) is 0 Å². The van der Waals surface area contributed by atoms with Gasteiger partial charge in [0.15, 0.2) is 0 Å². The van der Waals surface area contributed by atoms with Crippen LogP contribution in [0.4, 0.5) is 4.39 Å². The summed E-state index contributed by atoms with van der Waals surface area (Å²) in [6, 6.07) is 12.7. The molecule has 1 heterocycles. The molecule has 4 nitrogen and oxygen atoms in total. The van der Waals surface area contributed by atoms with Crippen molar-refractivity contribution in [2.24, 2.45) is 0 Å². The number of aromatic nitrogens is 1. The van der Waals surface area contributed by atoms with E-state index in [4.69, 9.17) is 11.6 Å². The second kappa shape index (κ2) is 6.40. The molecule has 6 heteroatoms. The minimum absolute atomic E-state index is 0.00705. The van der Waals surface area contributed by atoms with Crippen LogP contribution in [0.2, 0.25) is 5.02 Å². The summed E-state index contributed by atoms with van der Waals surface area (Å²) in [5.41, 5.74) is 1.66. The summed E-state index contributed by atoms with van der Waals surface area (Å²) in [6.45, 7) is -0.354. The lowest BCUT2D eigenvalue weighted by molar-refractivity contribution is 0.0912. The van der Waals surface area contributed by atoms with Crippen molar-refractivity contribution in [2.75, 3.05) is 6.61 Å². The maximum Gasteiger partial charge on any atom is 0.268 e. The van der Waals surface area contributed by atoms with Crippen LogP contribution in [0.3, 0.4) is 0 Å². The first kappa shape index (κ1) is 15.5. The van der Waals surface area contributed by atoms with Crippen LogP contribution in [0.25, 0.3) is 10.9 Å². The molecule has 0 saturated heterocycles. The number of carbonyl (C=O) groups excluding carboxylic acids is 1. The molecule has 3 N–H and O–H groups in total. The molecule has 3 rings (SSSR count). The molecule has 0 spiro atoms. The number of aliphatic hydroxyl groups is 1. The molecule has 3 aromatic rings. The van der Waals surface area contributed by atoms with Gasteiger partial charge in [-0.3, -0.25) is 4.79 Å². The molecule has 1 atom stereocenters. The van der Waals surface area contributed by atoms with Crippen LogP contribution in [0, 0.1) is 5.82 Å². The lowest BCUT2D eigenvalue weighted by Crippen LogP contribution is -2.31. The van der Waals surface area contributed by atoms with Crippen LogP contribution < -0.4 is 5.32 Å². The molecule has 0 fully saturated rings. The number of rotatable bonds is 4. The summed E-state index contributed by atoms with van der Waals surface area (Å²) in [5, 5.41) is 13.1. The summed E-state index contributed by atoms with van der Waals surface area (Å²) >= 11 is 5.65. The smallest absolute Gasteiger partial charge is 0.268 e. The monoisotopic (exact) mass is 332 g/mol. The maximum absolute atomic E-state index is 13.5. The highest BCUT2D eigenvalue weighted by Gasteiger charge is 2.17. The minimum Gasteiger partial charge on any atom is -0.394 e. The number of nitrogens with one attached hydrogen (secondary N) is 2. The Balaban J connectivity index is 1.82. The third-order valence-electron chi connectivity index (χ3n) is 3.61. The van der Waals surface area contributed by atoms with Crippen LogP contribution in [0.15, 0.2) is 48.5 Å². The predicted molar refractivity (Wildman–Crippen MR) is 87.0 cm³/mol. The van der Waals surface area contributed by atoms with Crippen molar-refractivity contribution in [2.45, 2.75) is 6.04 Å². The molecule has 0 radical (unpaired) electrons. The molecular formula is C17H14ClFN2O2. The van der Waals surface area contributed by atoms with Crippen molar-refractivity contribution in [3.63, 3.8) is 0 Å². The number of aliphatic hydroxyl groups excluding tert-OH is 1. The Morgan fingerprint density at radius 2 is 2.04 bits per heavy atom. The first-order valence-electron chi connectivity index (χ1n) is 7.03. The van der Waals surface area contributed by atoms with Gasteiger partial charge < -0.3 is 15.4 Å². The Morgan fingerprint density at radius 3 is 2.74 bits per heavy atom. The molecule has 0 bridgehead atoms. The van der Waals surface area contributed by atoms with Crippen LogP contribution in [0.1, 0.15) is 22.1 Å². The van der Waals surface area contributed by atoms with Crippen LogP contribution >= 0.6 is 11.6 Å². The van der Waals surface area contributed by atoms with Gasteiger partial charge in [0.1, 0.15) is 11.5 Å². The number of H-pyrrole nitrogens is 1. The standard InChI is InChI=1S/C17H14ClFN2O2/c18-12-6-5-11(7-13(12)19)16(9-22)21-17(23)15-8-10-3-1-2-4-14(10)20-15/h1-8,16,20,22H,9H2,(H,21,23). The average molecular weight is 333 g/mol. The van der Waals surface area contributed by atoms with Crippen molar-refractivity contribution < 1.29 is 14.3 Å². The number of carbonyl (C=O) groups is 1. The SMILES string of the molecule is O=C(NC(CO)c1ccc(Cl)c(F)c1)c1cc2ccccc2[nH]1. The zero-order valence-corrected chi connectivity index (χ0v) is 12.8. The highest BCUT2D eigenvalue weighted by Crippen LogP contribution is 2.21. The molecule has 0 saturated carbocycles. The van der Waals surface area contributed by atoms with E-state index in [0.29, 0.717) is 11.3 Å². The van der Waals surface area contributed by atoms with Gasteiger partial charge in [-0.2, -0.15) is 0 Å². The Hall–Kier alpha value is -2.37. The number of benzene rings is 2. The number of para-hydroxylation sites is 1. The predicted octanol–water partition coefficient (Wildman–Crippen LogP) is 3.42. The van der Waals surface area contributed by atoms with Gasteiger partial charge in [0, 0.05) is 10.9 Å². The van der Waals surface area contributed by atoms with E-state index in [0.717, 1.165) is 10.9 Å².